The second-order valence-electron chi connectivity index (χ2n) is 5.06. The largest absolute Gasteiger partial charge is 0.299 e. The van der Waals surface area contributed by atoms with Gasteiger partial charge in [-0.3, -0.25) is 4.79 Å². The summed E-state index contributed by atoms with van der Waals surface area (Å²) in [5, 5.41) is 0. The summed E-state index contributed by atoms with van der Waals surface area (Å²) < 4.78 is 0. The second-order valence-corrected chi connectivity index (χ2v) is 5.06. The molecule has 90 valence electrons. The Morgan fingerprint density at radius 2 is 1.56 bits per heavy atom. The van der Waals surface area contributed by atoms with Gasteiger partial charge in [0.1, 0.15) is 5.78 Å². The van der Waals surface area contributed by atoms with Gasteiger partial charge in [0.15, 0.2) is 0 Å². The number of ketones is 1. The number of benzene rings is 2. The van der Waals surface area contributed by atoms with Crippen LogP contribution in [0.15, 0.2) is 42.5 Å². The number of fused-ring (bicyclic) bond motifs is 1. The Bertz CT molecular complexity index is 594. The van der Waals surface area contributed by atoms with Crippen molar-refractivity contribution in [3.05, 3.63) is 59.2 Å². The molecular formula is C17H16O. The maximum Gasteiger partial charge on any atom is 0.137 e. The number of hydrogen-bond donors (Lipinski definition) is 0. The first kappa shape index (κ1) is 11.2. The van der Waals surface area contributed by atoms with Crippen LogP contribution < -0.4 is 0 Å². The maximum atomic E-state index is 11.4. The van der Waals surface area contributed by atoms with Crippen LogP contribution in [0.4, 0.5) is 0 Å². The van der Waals surface area contributed by atoms with E-state index in [4.69, 9.17) is 0 Å². The minimum atomic E-state index is 0.366. The molecule has 0 saturated carbocycles. The molecule has 0 saturated heterocycles. The fourth-order valence-electron chi connectivity index (χ4n) is 2.53. The first-order chi connectivity index (χ1) is 8.72. The lowest BCUT2D eigenvalue weighted by atomic mass is 9.88. The summed E-state index contributed by atoms with van der Waals surface area (Å²) in [5.74, 6) is 0.366. The first-order valence-corrected chi connectivity index (χ1v) is 6.43. The predicted octanol–water partition coefficient (Wildman–Crippen LogP) is 3.72. The smallest absolute Gasteiger partial charge is 0.137 e. The fourth-order valence-corrected chi connectivity index (χ4v) is 2.53. The monoisotopic (exact) mass is 236 g/mol. The quantitative estimate of drug-likeness (QED) is 0.737. The van der Waals surface area contributed by atoms with Crippen LogP contribution in [0.1, 0.15) is 23.1 Å². The highest BCUT2D eigenvalue weighted by molar-refractivity contribution is 5.83. The van der Waals surface area contributed by atoms with Gasteiger partial charge in [0.05, 0.1) is 0 Å². The van der Waals surface area contributed by atoms with E-state index < -0.39 is 0 Å². The van der Waals surface area contributed by atoms with E-state index >= 15 is 0 Å². The molecule has 0 bridgehead atoms. The van der Waals surface area contributed by atoms with Crippen LogP contribution >= 0.6 is 0 Å². The highest BCUT2D eigenvalue weighted by atomic mass is 16.1. The van der Waals surface area contributed by atoms with Crippen molar-refractivity contribution in [2.45, 2.75) is 26.2 Å². The number of aryl methyl sites for hydroxylation is 2. The van der Waals surface area contributed by atoms with Crippen LogP contribution in [0.5, 0.6) is 0 Å². The number of hydrogen-bond acceptors (Lipinski definition) is 1. The standard InChI is InChI=1S/C17H16O/c1-12-2-4-13(5-3-12)14-6-7-16-11-17(18)9-8-15(16)10-14/h2-7,10H,8-9,11H2,1H3. The molecule has 1 nitrogen and oxygen atoms in total. The maximum absolute atomic E-state index is 11.4. The molecule has 0 N–H and O–H groups in total. The zero-order valence-electron chi connectivity index (χ0n) is 10.6. The third-order valence-electron chi connectivity index (χ3n) is 3.65. The van der Waals surface area contributed by atoms with Crippen molar-refractivity contribution in [3.8, 4) is 11.1 Å². The highest BCUT2D eigenvalue weighted by Gasteiger charge is 2.15. The van der Waals surface area contributed by atoms with Crippen LogP contribution in [0.3, 0.4) is 0 Å². The second kappa shape index (κ2) is 4.41. The van der Waals surface area contributed by atoms with Crippen molar-refractivity contribution in [2.24, 2.45) is 0 Å². The number of rotatable bonds is 1. The lowest BCUT2D eigenvalue weighted by Gasteiger charge is -2.16. The zero-order valence-corrected chi connectivity index (χ0v) is 10.6. The minimum Gasteiger partial charge on any atom is -0.299 e. The summed E-state index contributed by atoms with van der Waals surface area (Å²) in [7, 11) is 0. The average molecular weight is 236 g/mol. The number of carbonyl (C=O) groups excluding carboxylic acids is 1. The van der Waals surface area contributed by atoms with E-state index in [9.17, 15) is 4.79 Å². The van der Waals surface area contributed by atoms with Crippen molar-refractivity contribution >= 4 is 5.78 Å². The topological polar surface area (TPSA) is 17.1 Å². The molecule has 0 unspecified atom stereocenters. The summed E-state index contributed by atoms with van der Waals surface area (Å²) in [6.45, 7) is 2.10. The SMILES string of the molecule is Cc1ccc(-c2ccc3c(c2)CCC(=O)C3)cc1. The normalized spacial score (nSPS) is 14.4. The van der Waals surface area contributed by atoms with Crippen molar-refractivity contribution in [3.63, 3.8) is 0 Å². The highest BCUT2D eigenvalue weighted by Crippen LogP contribution is 2.26. The van der Waals surface area contributed by atoms with Crippen molar-refractivity contribution in [1.29, 1.82) is 0 Å². The molecule has 0 heterocycles. The minimum absolute atomic E-state index is 0.366. The summed E-state index contributed by atoms with van der Waals surface area (Å²) in [4.78, 5) is 11.4. The molecule has 1 heteroatoms. The van der Waals surface area contributed by atoms with Gasteiger partial charge in [-0.25, -0.2) is 0 Å². The predicted molar refractivity (Wildman–Crippen MR) is 73.6 cm³/mol. The molecule has 0 radical (unpaired) electrons. The lowest BCUT2D eigenvalue weighted by molar-refractivity contribution is -0.118. The molecule has 0 fully saturated rings. The lowest BCUT2D eigenvalue weighted by Crippen LogP contribution is -2.12. The van der Waals surface area contributed by atoms with Crippen molar-refractivity contribution in [2.75, 3.05) is 0 Å². The van der Waals surface area contributed by atoms with Crippen LogP contribution in [0.2, 0.25) is 0 Å². The van der Waals surface area contributed by atoms with E-state index in [2.05, 4.69) is 49.4 Å². The molecule has 3 rings (SSSR count). The molecule has 1 aliphatic rings. The van der Waals surface area contributed by atoms with Gasteiger partial charge in [-0.05, 0) is 35.6 Å². The Morgan fingerprint density at radius 3 is 2.33 bits per heavy atom. The van der Waals surface area contributed by atoms with E-state index in [-0.39, 0.29) is 0 Å². The molecule has 0 atom stereocenters. The van der Waals surface area contributed by atoms with Crippen LogP contribution in [0.25, 0.3) is 11.1 Å². The van der Waals surface area contributed by atoms with Gasteiger partial charge in [0.2, 0.25) is 0 Å². The van der Waals surface area contributed by atoms with Gasteiger partial charge in [-0.15, -0.1) is 0 Å². The van der Waals surface area contributed by atoms with Gasteiger partial charge in [0, 0.05) is 12.8 Å². The van der Waals surface area contributed by atoms with Gasteiger partial charge >= 0.3 is 0 Å². The van der Waals surface area contributed by atoms with E-state index in [0.717, 1.165) is 6.42 Å². The summed E-state index contributed by atoms with van der Waals surface area (Å²) in [6.07, 6.45) is 2.21. The molecule has 0 amide bonds. The Labute approximate surface area is 107 Å². The summed E-state index contributed by atoms with van der Waals surface area (Å²) >= 11 is 0. The average Bonchev–Trinajstić information content (AvgIpc) is 2.39. The number of Topliss-reactive ketones (excluding diaryl/α,β-unsaturated/α-hetero) is 1. The molecule has 0 aliphatic heterocycles. The molecule has 18 heavy (non-hydrogen) atoms. The summed E-state index contributed by atoms with van der Waals surface area (Å²) in [6, 6.07) is 15.1. The molecule has 0 spiro atoms. The molecule has 2 aromatic rings. The zero-order chi connectivity index (χ0) is 12.5. The van der Waals surface area contributed by atoms with Crippen molar-refractivity contribution in [1.82, 2.24) is 0 Å². The number of carbonyl (C=O) groups is 1. The van der Waals surface area contributed by atoms with Gasteiger partial charge in [-0.2, -0.15) is 0 Å². The molecule has 2 aromatic carbocycles. The van der Waals surface area contributed by atoms with E-state index in [1.54, 1.807) is 0 Å². The first-order valence-electron chi connectivity index (χ1n) is 6.43. The van der Waals surface area contributed by atoms with Gasteiger partial charge < -0.3 is 0 Å². The van der Waals surface area contributed by atoms with E-state index in [0.29, 0.717) is 18.6 Å². The van der Waals surface area contributed by atoms with Crippen LogP contribution in [0, 0.1) is 6.92 Å². The third kappa shape index (κ3) is 2.08. The van der Waals surface area contributed by atoms with Gasteiger partial charge in [0.25, 0.3) is 0 Å². The van der Waals surface area contributed by atoms with E-state index in [1.807, 2.05) is 0 Å². The Kier molecular flexibility index (Phi) is 2.75. The molecule has 0 aromatic heterocycles. The third-order valence-corrected chi connectivity index (χ3v) is 3.65. The van der Waals surface area contributed by atoms with Gasteiger partial charge in [-0.1, -0.05) is 48.0 Å². The van der Waals surface area contributed by atoms with E-state index in [1.165, 1.54) is 27.8 Å². The van der Waals surface area contributed by atoms with Crippen LogP contribution in [-0.2, 0) is 17.6 Å². The molecule has 1 aliphatic carbocycles. The van der Waals surface area contributed by atoms with Crippen LogP contribution in [-0.4, -0.2) is 5.78 Å². The fraction of sp³-hybridized carbons (Fsp3) is 0.235. The Hall–Kier alpha value is -1.89. The summed E-state index contributed by atoms with van der Waals surface area (Å²) in [5.41, 5.74) is 6.33. The molecular weight excluding hydrogens is 220 g/mol. The Morgan fingerprint density at radius 1 is 0.833 bits per heavy atom. The Balaban J connectivity index is 1.99. The van der Waals surface area contributed by atoms with Crippen molar-refractivity contribution < 1.29 is 4.79 Å².